The van der Waals surface area contributed by atoms with Gasteiger partial charge < -0.3 is 20.5 Å². The lowest BCUT2D eigenvalue weighted by Gasteiger charge is -2.17. The predicted molar refractivity (Wildman–Crippen MR) is 177 cm³/mol. The number of nitrogens with one attached hydrogen (secondary N) is 2. The molecule has 5 rings (SSSR count). The number of benzene rings is 5. The molecule has 0 aliphatic heterocycles. The van der Waals surface area contributed by atoms with Crippen LogP contribution in [-0.4, -0.2) is 28.9 Å². The monoisotopic (exact) mass is 712 g/mol. The molecule has 44 heavy (non-hydrogen) atoms. The third kappa shape index (κ3) is 7.80. The van der Waals surface area contributed by atoms with Crippen LogP contribution >= 0.6 is 31.9 Å². The van der Waals surface area contributed by atoms with Crippen molar-refractivity contribution in [2.24, 2.45) is 0 Å². The summed E-state index contributed by atoms with van der Waals surface area (Å²) in [5, 5.41) is 15.3. The van der Waals surface area contributed by atoms with Crippen LogP contribution in [0.5, 0.6) is 11.5 Å². The van der Waals surface area contributed by atoms with Crippen LogP contribution in [0.15, 0.2) is 130 Å². The third-order valence-corrected chi connectivity index (χ3v) is 7.77. The summed E-state index contributed by atoms with van der Waals surface area (Å²) in [6.45, 7) is 0. The number of rotatable bonds is 10. The molecule has 1 unspecified atom stereocenters. The van der Waals surface area contributed by atoms with Crippen molar-refractivity contribution in [3.05, 3.63) is 147 Å². The molecule has 7 nitrogen and oxygen atoms in total. The number of amides is 2. The van der Waals surface area contributed by atoms with Gasteiger partial charge in [0.2, 0.25) is 0 Å². The highest BCUT2D eigenvalue weighted by Crippen LogP contribution is 2.33. The zero-order valence-electron chi connectivity index (χ0n) is 23.2. The van der Waals surface area contributed by atoms with Crippen molar-refractivity contribution in [3.8, 4) is 22.6 Å². The summed E-state index contributed by atoms with van der Waals surface area (Å²) in [7, 11) is 0. The average molecular weight is 714 g/mol. The highest BCUT2D eigenvalue weighted by molar-refractivity contribution is 9.10. The maximum absolute atomic E-state index is 13.3. The van der Waals surface area contributed by atoms with E-state index in [0.717, 1.165) is 26.9 Å². The Hall–Kier alpha value is -4.73. The Morgan fingerprint density at radius 1 is 0.727 bits per heavy atom. The molecular weight excluding hydrogens is 688 g/mol. The van der Waals surface area contributed by atoms with Crippen molar-refractivity contribution in [1.29, 1.82) is 0 Å². The number of para-hydroxylation sites is 2. The van der Waals surface area contributed by atoms with E-state index in [0.29, 0.717) is 15.8 Å². The van der Waals surface area contributed by atoms with Gasteiger partial charge in [-0.1, -0.05) is 92.5 Å². The quantitative estimate of drug-likeness (QED) is 0.135. The highest BCUT2D eigenvalue weighted by Gasteiger charge is 2.24. The first kappa shape index (κ1) is 30.7. The van der Waals surface area contributed by atoms with Gasteiger partial charge in [0.1, 0.15) is 17.5 Å². The number of carboxylic acids is 1. The number of carbonyl (C=O) groups is 3. The van der Waals surface area contributed by atoms with Crippen molar-refractivity contribution >= 4 is 55.3 Å². The van der Waals surface area contributed by atoms with E-state index in [1.807, 2.05) is 78.9 Å². The molecule has 0 aliphatic rings. The van der Waals surface area contributed by atoms with Crippen LogP contribution in [-0.2, 0) is 11.2 Å². The Labute approximate surface area is 271 Å². The fraction of sp³-hybridized carbons (Fsp3) is 0.0571. The Morgan fingerprint density at radius 3 is 2.09 bits per heavy atom. The molecule has 0 bridgehead atoms. The summed E-state index contributed by atoms with van der Waals surface area (Å²) in [5.41, 5.74) is 3.30. The Bertz CT molecular complexity index is 1790. The molecule has 0 saturated heterocycles. The first-order chi connectivity index (χ1) is 21.3. The van der Waals surface area contributed by atoms with E-state index >= 15 is 0 Å². The van der Waals surface area contributed by atoms with E-state index < -0.39 is 23.8 Å². The lowest BCUT2D eigenvalue weighted by atomic mass is 9.99. The fourth-order valence-corrected chi connectivity index (χ4v) is 5.14. The van der Waals surface area contributed by atoms with Crippen molar-refractivity contribution in [3.63, 3.8) is 0 Å². The molecule has 0 heterocycles. The van der Waals surface area contributed by atoms with Gasteiger partial charge in [0, 0.05) is 26.5 Å². The average Bonchev–Trinajstić information content (AvgIpc) is 3.03. The molecule has 3 N–H and O–H groups in total. The minimum atomic E-state index is -1.21. The van der Waals surface area contributed by atoms with Gasteiger partial charge in [0.25, 0.3) is 11.8 Å². The van der Waals surface area contributed by atoms with Crippen molar-refractivity contribution in [2.45, 2.75) is 12.5 Å². The van der Waals surface area contributed by atoms with E-state index in [2.05, 4.69) is 42.5 Å². The predicted octanol–water partition coefficient (Wildman–Crippen LogP) is 8.35. The summed E-state index contributed by atoms with van der Waals surface area (Å²) >= 11 is 6.70. The minimum absolute atomic E-state index is 0.0537. The molecule has 5 aromatic rings. The van der Waals surface area contributed by atoms with Gasteiger partial charge in [-0.3, -0.25) is 9.59 Å². The first-order valence-corrected chi connectivity index (χ1v) is 15.2. The maximum Gasteiger partial charge on any atom is 0.326 e. The van der Waals surface area contributed by atoms with E-state index in [9.17, 15) is 19.5 Å². The zero-order chi connectivity index (χ0) is 31.1. The lowest BCUT2D eigenvalue weighted by Crippen LogP contribution is -2.42. The maximum atomic E-state index is 13.3. The van der Waals surface area contributed by atoms with Gasteiger partial charge >= 0.3 is 5.97 Å². The van der Waals surface area contributed by atoms with Crippen molar-refractivity contribution < 1.29 is 24.2 Å². The molecule has 0 fully saturated rings. The number of carbonyl (C=O) groups excluding carboxylic acids is 2. The first-order valence-electron chi connectivity index (χ1n) is 13.6. The number of carboxylic acid groups (broad SMARTS) is 1. The van der Waals surface area contributed by atoms with Crippen LogP contribution in [0.4, 0.5) is 5.69 Å². The van der Waals surface area contributed by atoms with E-state index in [1.54, 1.807) is 36.4 Å². The van der Waals surface area contributed by atoms with E-state index in [1.165, 1.54) is 6.07 Å². The summed E-state index contributed by atoms with van der Waals surface area (Å²) in [4.78, 5) is 38.4. The minimum Gasteiger partial charge on any atom is -0.480 e. The van der Waals surface area contributed by atoms with Crippen molar-refractivity contribution in [2.75, 3.05) is 5.32 Å². The zero-order valence-corrected chi connectivity index (χ0v) is 26.3. The van der Waals surface area contributed by atoms with Gasteiger partial charge in [-0.05, 0) is 71.8 Å². The van der Waals surface area contributed by atoms with Gasteiger partial charge in [-0.25, -0.2) is 4.79 Å². The molecule has 5 aromatic carbocycles. The topological polar surface area (TPSA) is 105 Å². The molecule has 0 radical (unpaired) electrons. The van der Waals surface area contributed by atoms with Gasteiger partial charge in [-0.15, -0.1) is 0 Å². The normalized spacial score (nSPS) is 11.3. The van der Waals surface area contributed by atoms with Gasteiger partial charge in [0.15, 0.2) is 0 Å². The molecule has 0 saturated carbocycles. The molecule has 1 atom stereocenters. The number of aliphatic carboxylic acids is 1. The molecule has 220 valence electrons. The van der Waals surface area contributed by atoms with Crippen molar-refractivity contribution in [1.82, 2.24) is 5.32 Å². The molecule has 9 heteroatoms. The second-order valence-corrected chi connectivity index (χ2v) is 11.7. The van der Waals surface area contributed by atoms with Crippen LogP contribution < -0.4 is 15.4 Å². The molecule has 0 aliphatic carbocycles. The number of hydrogen-bond acceptors (Lipinski definition) is 4. The molecular formula is C35H26Br2N2O5. The molecule has 0 spiro atoms. The van der Waals surface area contributed by atoms with Crippen LogP contribution in [0.1, 0.15) is 26.3 Å². The largest absolute Gasteiger partial charge is 0.480 e. The number of hydrogen-bond donors (Lipinski definition) is 3. The SMILES string of the molecule is O=C(Nc1ccc(Br)cc1C(=O)NC(Cc1ccc(-c2ccccc2Oc2ccccc2)cc1)C(=O)O)c1ccc(Br)cc1. The van der Waals surface area contributed by atoms with E-state index in [4.69, 9.17) is 4.74 Å². The third-order valence-electron chi connectivity index (χ3n) is 6.75. The molecule has 0 aromatic heterocycles. The summed E-state index contributed by atoms with van der Waals surface area (Å²) in [6, 6.07) is 35.0. The summed E-state index contributed by atoms with van der Waals surface area (Å²) in [5.74, 6) is -0.801. The lowest BCUT2D eigenvalue weighted by molar-refractivity contribution is -0.139. The molecule has 2 amide bonds. The Morgan fingerprint density at radius 2 is 1.39 bits per heavy atom. The number of anilines is 1. The van der Waals surface area contributed by atoms with Crippen LogP contribution in [0, 0.1) is 0 Å². The van der Waals surface area contributed by atoms with Gasteiger partial charge in [0.05, 0.1) is 11.3 Å². The second-order valence-electron chi connectivity index (χ2n) is 9.83. The number of halogens is 2. The van der Waals surface area contributed by atoms with Crippen LogP contribution in [0.3, 0.4) is 0 Å². The van der Waals surface area contributed by atoms with Crippen LogP contribution in [0.2, 0.25) is 0 Å². The fourth-order valence-electron chi connectivity index (χ4n) is 4.51. The summed E-state index contributed by atoms with van der Waals surface area (Å²) in [6.07, 6.45) is 0.0537. The van der Waals surface area contributed by atoms with Crippen LogP contribution in [0.25, 0.3) is 11.1 Å². The highest BCUT2D eigenvalue weighted by atomic mass is 79.9. The number of ether oxygens (including phenoxy) is 1. The summed E-state index contributed by atoms with van der Waals surface area (Å²) < 4.78 is 7.52. The smallest absolute Gasteiger partial charge is 0.326 e. The van der Waals surface area contributed by atoms with Gasteiger partial charge in [-0.2, -0.15) is 0 Å². The Kier molecular flexibility index (Phi) is 9.89. The standard InChI is InChI=1S/C35H26Br2N2O5/c36-25-16-14-24(15-17-25)33(40)38-30-19-18-26(37)21-29(30)34(41)39-31(35(42)43)20-22-10-12-23(13-11-22)28-8-4-5-9-32(28)44-27-6-2-1-3-7-27/h1-19,21,31H,20H2,(H,38,40)(H,39,41)(H,42,43). The second kappa shape index (κ2) is 14.2. The van der Waals surface area contributed by atoms with E-state index in [-0.39, 0.29) is 17.7 Å². The Balaban J connectivity index is 1.30.